The Kier molecular flexibility index (Phi) is 4.29. The predicted molar refractivity (Wildman–Crippen MR) is 88.3 cm³/mol. The van der Waals surface area contributed by atoms with Crippen LogP contribution < -0.4 is 5.32 Å². The Morgan fingerprint density at radius 3 is 1.60 bits per heavy atom. The van der Waals surface area contributed by atoms with Gasteiger partial charge in [0.2, 0.25) is 0 Å². The van der Waals surface area contributed by atoms with Crippen molar-refractivity contribution >= 4 is 0 Å². The molecule has 20 heavy (non-hydrogen) atoms. The van der Waals surface area contributed by atoms with Crippen molar-refractivity contribution in [2.75, 3.05) is 7.05 Å². The van der Waals surface area contributed by atoms with Gasteiger partial charge in [-0.05, 0) is 86.2 Å². The van der Waals surface area contributed by atoms with Crippen LogP contribution in [0.15, 0.2) is 24.3 Å². The Labute approximate surface area is 123 Å². The maximum atomic E-state index is 3.19. The summed E-state index contributed by atoms with van der Waals surface area (Å²) in [5.41, 5.74) is 11.1. The molecule has 0 heterocycles. The van der Waals surface area contributed by atoms with Crippen LogP contribution >= 0.6 is 0 Å². The average molecular weight is 267 g/mol. The van der Waals surface area contributed by atoms with Gasteiger partial charge in [-0.15, -0.1) is 0 Å². The molecule has 0 spiro atoms. The van der Waals surface area contributed by atoms with E-state index in [9.17, 15) is 0 Å². The van der Waals surface area contributed by atoms with Crippen LogP contribution in [0.1, 0.15) is 33.4 Å². The van der Waals surface area contributed by atoms with Gasteiger partial charge in [-0.25, -0.2) is 0 Å². The van der Waals surface area contributed by atoms with E-state index in [1.165, 1.54) is 44.5 Å². The molecule has 0 bridgehead atoms. The molecule has 0 saturated heterocycles. The molecule has 0 aromatic heterocycles. The van der Waals surface area contributed by atoms with Gasteiger partial charge in [0.05, 0.1) is 0 Å². The van der Waals surface area contributed by atoms with E-state index in [0.717, 1.165) is 6.54 Å². The van der Waals surface area contributed by atoms with E-state index in [-0.39, 0.29) is 0 Å². The Bertz CT molecular complexity index is 592. The molecule has 0 aliphatic heterocycles. The minimum atomic E-state index is 0.921. The molecular weight excluding hydrogens is 242 g/mol. The van der Waals surface area contributed by atoms with Gasteiger partial charge >= 0.3 is 0 Å². The third-order valence-electron chi connectivity index (χ3n) is 4.62. The smallest absolute Gasteiger partial charge is 0.0202 e. The number of nitrogens with one attached hydrogen (secondary N) is 1. The van der Waals surface area contributed by atoms with Crippen molar-refractivity contribution in [1.29, 1.82) is 0 Å². The molecule has 2 aromatic rings. The van der Waals surface area contributed by atoms with E-state index in [2.05, 4.69) is 64.2 Å². The van der Waals surface area contributed by atoms with Crippen molar-refractivity contribution in [2.45, 2.75) is 41.2 Å². The first-order chi connectivity index (χ1) is 9.47. The molecule has 1 nitrogen and oxygen atoms in total. The number of rotatable bonds is 3. The van der Waals surface area contributed by atoms with E-state index >= 15 is 0 Å². The van der Waals surface area contributed by atoms with E-state index in [1.54, 1.807) is 0 Å². The second kappa shape index (κ2) is 5.80. The van der Waals surface area contributed by atoms with Crippen LogP contribution in [-0.2, 0) is 6.54 Å². The van der Waals surface area contributed by atoms with Gasteiger partial charge in [-0.3, -0.25) is 0 Å². The van der Waals surface area contributed by atoms with Crippen molar-refractivity contribution in [3.05, 3.63) is 57.6 Å². The zero-order valence-corrected chi connectivity index (χ0v) is 13.5. The molecule has 0 radical (unpaired) electrons. The Morgan fingerprint density at radius 1 is 0.700 bits per heavy atom. The third-order valence-corrected chi connectivity index (χ3v) is 4.62. The fraction of sp³-hybridized carbons (Fsp3) is 0.368. The summed E-state index contributed by atoms with van der Waals surface area (Å²) in [5.74, 6) is 0. The summed E-state index contributed by atoms with van der Waals surface area (Å²) in [6.07, 6.45) is 0. The Hall–Kier alpha value is -1.60. The van der Waals surface area contributed by atoms with Crippen molar-refractivity contribution in [3.63, 3.8) is 0 Å². The molecule has 2 rings (SSSR count). The summed E-state index contributed by atoms with van der Waals surface area (Å²) in [7, 11) is 1.98. The van der Waals surface area contributed by atoms with E-state index in [1.807, 2.05) is 7.05 Å². The predicted octanol–water partition coefficient (Wildman–Crippen LogP) is 4.62. The summed E-state index contributed by atoms with van der Waals surface area (Å²) >= 11 is 0. The second-order valence-electron chi connectivity index (χ2n) is 5.73. The molecule has 1 heteroatoms. The number of benzene rings is 2. The van der Waals surface area contributed by atoms with Crippen molar-refractivity contribution < 1.29 is 0 Å². The summed E-state index contributed by atoms with van der Waals surface area (Å²) in [5, 5.41) is 3.19. The average Bonchev–Trinajstić information content (AvgIpc) is 2.45. The summed E-state index contributed by atoms with van der Waals surface area (Å²) < 4.78 is 0. The SMILES string of the molecule is CNCc1ccc(-c2c(C)c(C)c(C)c(C)c2C)cc1. The molecule has 0 aliphatic carbocycles. The Balaban J connectivity index is 2.58. The lowest BCUT2D eigenvalue weighted by atomic mass is 9.86. The topological polar surface area (TPSA) is 12.0 Å². The maximum Gasteiger partial charge on any atom is 0.0202 e. The lowest BCUT2D eigenvalue weighted by Gasteiger charge is -2.19. The normalized spacial score (nSPS) is 10.9. The van der Waals surface area contributed by atoms with Crippen LogP contribution in [0, 0.1) is 34.6 Å². The highest BCUT2D eigenvalue weighted by atomic mass is 14.8. The van der Waals surface area contributed by atoms with E-state index in [4.69, 9.17) is 0 Å². The van der Waals surface area contributed by atoms with Crippen LogP contribution in [0.5, 0.6) is 0 Å². The molecule has 0 unspecified atom stereocenters. The highest BCUT2D eigenvalue weighted by molar-refractivity contribution is 5.74. The lowest BCUT2D eigenvalue weighted by molar-refractivity contribution is 0.818. The van der Waals surface area contributed by atoms with Crippen LogP contribution in [0.3, 0.4) is 0 Å². The second-order valence-corrected chi connectivity index (χ2v) is 5.73. The first kappa shape index (κ1) is 14.8. The minimum absolute atomic E-state index is 0.921. The summed E-state index contributed by atoms with van der Waals surface area (Å²) in [4.78, 5) is 0. The molecule has 1 N–H and O–H groups in total. The molecule has 0 atom stereocenters. The van der Waals surface area contributed by atoms with Gasteiger partial charge < -0.3 is 5.32 Å². The number of hydrogen-bond acceptors (Lipinski definition) is 1. The van der Waals surface area contributed by atoms with Gasteiger partial charge in [0.15, 0.2) is 0 Å². The fourth-order valence-electron chi connectivity index (χ4n) is 2.93. The molecule has 106 valence electrons. The minimum Gasteiger partial charge on any atom is -0.316 e. The fourth-order valence-corrected chi connectivity index (χ4v) is 2.93. The zero-order chi connectivity index (χ0) is 14.9. The van der Waals surface area contributed by atoms with Gasteiger partial charge in [0.1, 0.15) is 0 Å². The van der Waals surface area contributed by atoms with Crippen LogP contribution in [-0.4, -0.2) is 7.05 Å². The standard InChI is InChI=1S/C19H25N/c1-12-13(2)15(4)19(16(5)14(12)3)18-9-7-17(8-10-18)11-20-6/h7-10,20H,11H2,1-6H3. The highest BCUT2D eigenvalue weighted by Gasteiger charge is 2.13. The number of hydrogen-bond donors (Lipinski definition) is 1. The Morgan fingerprint density at radius 2 is 1.15 bits per heavy atom. The van der Waals surface area contributed by atoms with Crippen molar-refractivity contribution in [3.8, 4) is 11.1 Å². The third kappa shape index (κ3) is 2.51. The molecule has 0 aliphatic rings. The van der Waals surface area contributed by atoms with Crippen molar-refractivity contribution in [1.82, 2.24) is 5.32 Å². The molecular formula is C19H25N. The van der Waals surface area contributed by atoms with Gasteiger partial charge in [-0.1, -0.05) is 24.3 Å². The van der Waals surface area contributed by atoms with Crippen LogP contribution in [0.2, 0.25) is 0 Å². The summed E-state index contributed by atoms with van der Waals surface area (Å²) in [6, 6.07) is 8.93. The largest absolute Gasteiger partial charge is 0.316 e. The van der Waals surface area contributed by atoms with E-state index in [0.29, 0.717) is 0 Å². The van der Waals surface area contributed by atoms with Crippen molar-refractivity contribution in [2.24, 2.45) is 0 Å². The van der Waals surface area contributed by atoms with Crippen LogP contribution in [0.4, 0.5) is 0 Å². The van der Waals surface area contributed by atoms with Gasteiger partial charge in [-0.2, -0.15) is 0 Å². The molecule has 0 amide bonds. The first-order valence-corrected chi connectivity index (χ1v) is 7.28. The van der Waals surface area contributed by atoms with E-state index < -0.39 is 0 Å². The molecule has 2 aromatic carbocycles. The summed E-state index contributed by atoms with van der Waals surface area (Å²) in [6.45, 7) is 12.1. The highest BCUT2D eigenvalue weighted by Crippen LogP contribution is 2.34. The quantitative estimate of drug-likeness (QED) is 0.856. The lowest BCUT2D eigenvalue weighted by Crippen LogP contribution is -2.04. The maximum absolute atomic E-state index is 3.19. The zero-order valence-electron chi connectivity index (χ0n) is 13.5. The van der Waals surface area contributed by atoms with Gasteiger partial charge in [0.25, 0.3) is 0 Å². The molecule has 0 fully saturated rings. The van der Waals surface area contributed by atoms with Gasteiger partial charge in [0, 0.05) is 6.54 Å². The first-order valence-electron chi connectivity index (χ1n) is 7.28. The van der Waals surface area contributed by atoms with Crippen LogP contribution in [0.25, 0.3) is 11.1 Å². The molecule has 0 saturated carbocycles. The monoisotopic (exact) mass is 267 g/mol.